The second-order valence-corrected chi connectivity index (χ2v) is 14.8. The summed E-state index contributed by atoms with van der Waals surface area (Å²) in [5.74, 6) is -0.965. The number of esters is 2. The van der Waals surface area contributed by atoms with Crippen molar-refractivity contribution in [2.45, 2.75) is 174 Å². The highest BCUT2D eigenvalue weighted by Crippen LogP contribution is 2.43. The lowest BCUT2D eigenvalue weighted by Crippen LogP contribution is -2.29. The van der Waals surface area contributed by atoms with Crippen LogP contribution < -0.4 is 0 Å². The molecule has 0 amide bonds. The lowest BCUT2D eigenvalue weighted by atomic mass is 10.1. The molecule has 11 heteroatoms. The Morgan fingerprint density at radius 2 is 1.00 bits per heavy atom. The number of phosphoric acid groups is 1. The molecule has 3 N–H and O–H groups in total. The average Bonchev–Trinajstić information content (AvgIpc) is 3.13. The Kier molecular flexibility index (Phi) is 35.8. The molecule has 0 aliphatic carbocycles. The first-order valence-electron chi connectivity index (χ1n) is 20.1. The maximum absolute atomic E-state index is 12.6. The number of aliphatic hydroxyl groups excluding tert-OH is 2. The molecule has 0 saturated heterocycles. The minimum Gasteiger partial charge on any atom is -0.462 e. The zero-order chi connectivity index (χ0) is 38.4. The Labute approximate surface area is 315 Å². The van der Waals surface area contributed by atoms with Gasteiger partial charge < -0.3 is 24.6 Å². The Morgan fingerprint density at radius 3 is 1.52 bits per heavy atom. The molecule has 302 valence electrons. The zero-order valence-electron chi connectivity index (χ0n) is 32.5. The van der Waals surface area contributed by atoms with Gasteiger partial charge in [-0.15, -0.1) is 0 Å². The third-order valence-electron chi connectivity index (χ3n) is 8.21. The number of rotatable bonds is 37. The lowest BCUT2D eigenvalue weighted by molar-refractivity contribution is -0.161. The Hall–Kier alpha value is -2.07. The van der Waals surface area contributed by atoms with E-state index in [1.807, 2.05) is 0 Å². The Balaban J connectivity index is 4.41. The maximum atomic E-state index is 12.6. The molecule has 3 atom stereocenters. The van der Waals surface area contributed by atoms with E-state index < -0.39 is 51.8 Å². The highest BCUT2D eigenvalue weighted by atomic mass is 31.2. The van der Waals surface area contributed by atoms with Gasteiger partial charge >= 0.3 is 19.8 Å². The van der Waals surface area contributed by atoms with Gasteiger partial charge in [0.2, 0.25) is 0 Å². The number of allylic oxidation sites excluding steroid dienone is 8. The van der Waals surface area contributed by atoms with Crippen LogP contribution in [0.15, 0.2) is 48.6 Å². The van der Waals surface area contributed by atoms with Gasteiger partial charge in [0.15, 0.2) is 6.10 Å². The smallest absolute Gasteiger partial charge is 0.462 e. The number of hydrogen-bond donors (Lipinski definition) is 3. The van der Waals surface area contributed by atoms with E-state index in [2.05, 4.69) is 67.0 Å². The van der Waals surface area contributed by atoms with Gasteiger partial charge in [0, 0.05) is 12.8 Å². The van der Waals surface area contributed by atoms with Crippen LogP contribution in [0.1, 0.15) is 162 Å². The third kappa shape index (κ3) is 36.3. The first kappa shape index (κ1) is 49.9. The fourth-order valence-corrected chi connectivity index (χ4v) is 5.84. The van der Waals surface area contributed by atoms with E-state index in [-0.39, 0.29) is 19.4 Å². The first-order valence-corrected chi connectivity index (χ1v) is 21.6. The van der Waals surface area contributed by atoms with Gasteiger partial charge in [0.25, 0.3) is 0 Å². The summed E-state index contributed by atoms with van der Waals surface area (Å²) in [6, 6.07) is 0. The molecule has 0 aliphatic rings. The van der Waals surface area contributed by atoms with Crippen molar-refractivity contribution in [2.75, 3.05) is 26.4 Å². The van der Waals surface area contributed by atoms with E-state index in [0.29, 0.717) is 12.8 Å². The molecule has 0 heterocycles. The largest absolute Gasteiger partial charge is 0.472 e. The van der Waals surface area contributed by atoms with E-state index in [1.165, 1.54) is 44.9 Å². The van der Waals surface area contributed by atoms with E-state index in [9.17, 15) is 24.2 Å². The van der Waals surface area contributed by atoms with Crippen LogP contribution in [-0.4, -0.2) is 65.7 Å². The molecule has 10 nitrogen and oxygen atoms in total. The number of hydrogen-bond acceptors (Lipinski definition) is 9. The van der Waals surface area contributed by atoms with Crippen LogP contribution in [0.4, 0.5) is 0 Å². The minimum atomic E-state index is -4.62. The van der Waals surface area contributed by atoms with Crippen molar-refractivity contribution >= 4 is 19.8 Å². The Morgan fingerprint density at radius 1 is 0.577 bits per heavy atom. The number of unbranched alkanes of at least 4 members (excludes halogenated alkanes) is 15. The topological polar surface area (TPSA) is 149 Å². The van der Waals surface area contributed by atoms with E-state index in [0.717, 1.165) is 77.0 Å². The molecule has 1 unspecified atom stereocenters. The minimum absolute atomic E-state index is 0.156. The predicted molar refractivity (Wildman–Crippen MR) is 210 cm³/mol. The van der Waals surface area contributed by atoms with Gasteiger partial charge in [-0.2, -0.15) is 0 Å². The first-order chi connectivity index (χ1) is 25.2. The number of carbonyl (C=O) groups is 2. The molecule has 0 aliphatic heterocycles. The monoisotopic (exact) mass is 756 g/mol. The van der Waals surface area contributed by atoms with Crippen molar-refractivity contribution in [2.24, 2.45) is 0 Å². The van der Waals surface area contributed by atoms with E-state index >= 15 is 0 Å². The van der Waals surface area contributed by atoms with Gasteiger partial charge in [0.05, 0.1) is 19.8 Å². The SMILES string of the molecule is CCCCC/C=C\C/C=C\C/C=C\CCCCCCC(=O)O[C@H](COC(=O)CCCCCCC/C=C\CCCCC)COP(=O)(O)OC[C@@H](O)CO. The molecule has 0 radical (unpaired) electrons. The van der Waals surface area contributed by atoms with Gasteiger partial charge in [-0.05, 0) is 77.0 Å². The molecule has 52 heavy (non-hydrogen) atoms. The highest BCUT2D eigenvalue weighted by Gasteiger charge is 2.27. The predicted octanol–water partition coefficient (Wildman–Crippen LogP) is 10.2. The zero-order valence-corrected chi connectivity index (χ0v) is 33.4. The summed E-state index contributed by atoms with van der Waals surface area (Å²) in [7, 11) is -4.62. The van der Waals surface area contributed by atoms with Crippen molar-refractivity contribution < 1.29 is 47.8 Å². The molecular weight excluding hydrogens is 683 g/mol. The standard InChI is InChI=1S/C41H73O10P/c1-3-5-7-9-11-13-15-17-18-19-20-21-23-25-27-29-31-33-41(45)51-39(37-50-52(46,47)49-35-38(43)34-42)36-48-40(44)32-30-28-26-24-22-16-14-12-10-8-6-4-2/h11-14,17-18,20-21,38-39,42-43H,3-10,15-16,19,22-37H2,1-2H3,(H,46,47)/b13-11-,14-12-,18-17-,21-20-/t38-,39+/m0/s1. The van der Waals surface area contributed by atoms with E-state index in [1.54, 1.807) is 0 Å². The molecule has 0 spiro atoms. The maximum Gasteiger partial charge on any atom is 0.472 e. The number of ether oxygens (including phenoxy) is 2. The number of phosphoric ester groups is 1. The van der Waals surface area contributed by atoms with Gasteiger partial charge in [-0.25, -0.2) is 4.57 Å². The fourth-order valence-electron chi connectivity index (χ4n) is 5.05. The van der Waals surface area contributed by atoms with E-state index in [4.69, 9.17) is 19.1 Å². The quantitative estimate of drug-likeness (QED) is 0.0242. The molecular formula is C41H73O10P. The van der Waals surface area contributed by atoms with Crippen molar-refractivity contribution in [3.05, 3.63) is 48.6 Å². The molecule has 0 aromatic heterocycles. The summed E-state index contributed by atoms with van der Waals surface area (Å²) in [5, 5.41) is 18.3. The summed E-state index contributed by atoms with van der Waals surface area (Å²) in [5.41, 5.74) is 0. The summed E-state index contributed by atoms with van der Waals surface area (Å²) >= 11 is 0. The van der Waals surface area contributed by atoms with Gasteiger partial charge in [-0.1, -0.05) is 120 Å². The normalized spacial score (nSPS) is 14.5. The average molecular weight is 757 g/mol. The van der Waals surface area contributed by atoms with Crippen LogP contribution in [0, 0.1) is 0 Å². The fraction of sp³-hybridized carbons (Fsp3) is 0.756. The van der Waals surface area contributed by atoms with Crippen molar-refractivity contribution in [3.8, 4) is 0 Å². The number of carbonyl (C=O) groups excluding carboxylic acids is 2. The van der Waals surface area contributed by atoms with Crippen molar-refractivity contribution in [3.63, 3.8) is 0 Å². The van der Waals surface area contributed by atoms with Crippen LogP contribution in [0.2, 0.25) is 0 Å². The molecule has 0 aromatic carbocycles. The number of aliphatic hydroxyl groups is 2. The molecule has 0 rings (SSSR count). The Bertz CT molecular complexity index is 1010. The molecule has 0 bridgehead atoms. The molecule has 0 fully saturated rings. The van der Waals surface area contributed by atoms with Crippen LogP contribution in [0.25, 0.3) is 0 Å². The summed E-state index contributed by atoms with van der Waals surface area (Å²) in [4.78, 5) is 34.9. The summed E-state index contributed by atoms with van der Waals surface area (Å²) < 4.78 is 32.6. The lowest BCUT2D eigenvalue weighted by Gasteiger charge is -2.20. The van der Waals surface area contributed by atoms with Crippen molar-refractivity contribution in [1.82, 2.24) is 0 Å². The van der Waals surface area contributed by atoms with Crippen LogP contribution in [-0.2, 0) is 32.7 Å². The van der Waals surface area contributed by atoms with Crippen LogP contribution in [0.3, 0.4) is 0 Å². The molecule has 0 saturated carbocycles. The second kappa shape index (κ2) is 37.3. The van der Waals surface area contributed by atoms with Gasteiger partial charge in [0.1, 0.15) is 12.7 Å². The summed E-state index contributed by atoms with van der Waals surface area (Å²) in [6.07, 6.45) is 37.9. The highest BCUT2D eigenvalue weighted by molar-refractivity contribution is 7.47. The summed E-state index contributed by atoms with van der Waals surface area (Å²) in [6.45, 7) is 2.27. The second-order valence-electron chi connectivity index (χ2n) is 13.3. The van der Waals surface area contributed by atoms with Crippen LogP contribution in [0.5, 0.6) is 0 Å². The molecule has 0 aromatic rings. The van der Waals surface area contributed by atoms with Crippen molar-refractivity contribution in [1.29, 1.82) is 0 Å². The third-order valence-corrected chi connectivity index (χ3v) is 9.16. The van der Waals surface area contributed by atoms with Gasteiger partial charge in [-0.3, -0.25) is 18.6 Å². The van der Waals surface area contributed by atoms with Crippen LogP contribution >= 0.6 is 7.82 Å².